The minimum Gasteiger partial charge on any atom is -0.494 e. The lowest BCUT2D eigenvalue weighted by atomic mass is 10.1. The highest BCUT2D eigenvalue weighted by Gasteiger charge is 2.01. The number of benzene rings is 2. The van der Waals surface area contributed by atoms with Gasteiger partial charge in [0.05, 0.1) is 6.61 Å². The number of halogens is 2. The summed E-state index contributed by atoms with van der Waals surface area (Å²) in [5.74, 6) is 0.911. The van der Waals surface area contributed by atoms with Gasteiger partial charge in [-0.15, -0.1) is 0 Å². The molecule has 0 bridgehead atoms. The van der Waals surface area contributed by atoms with Gasteiger partial charge in [-0.1, -0.05) is 41.4 Å². The molecular weight excluding hydrogens is 305 g/mol. The van der Waals surface area contributed by atoms with Crippen LogP contribution in [-0.4, -0.2) is 13.2 Å². The molecule has 0 aliphatic rings. The second-order valence-electron chi connectivity index (χ2n) is 4.74. The Hall–Kier alpha value is -1.22. The summed E-state index contributed by atoms with van der Waals surface area (Å²) in [4.78, 5) is 0. The summed E-state index contributed by atoms with van der Waals surface area (Å²) in [5, 5.41) is 4.81. The molecule has 0 aromatic heterocycles. The molecule has 2 aromatic carbocycles. The van der Waals surface area contributed by atoms with Gasteiger partial charge in [0.2, 0.25) is 0 Å². The second-order valence-corrected chi connectivity index (χ2v) is 5.58. The topological polar surface area (TPSA) is 21.3 Å². The molecule has 4 heteroatoms. The van der Waals surface area contributed by atoms with E-state index in [0.717, 1.165) is 35.8 Å². The smallest absolute Gasteiger partial charge is 0.119 e. The summed E-state index contributed by atoms with van der Waals surface area (Å²) >= 11 is 12.0. The van der Waals surface area contributed by atoms with Gasteiger partial charge >= 0.3 is 0 Å². The van der Waals surface area contributed by atoms with Crippen LogP contribution in [0.2, 0.25) is 10.0 Å². The summed E-state index contributed by atoms with van der Waals surface area (Å²) in [7, 11) is 0. The molecule has 2 aromatic rings. The Kier molecular flexibility index (Phi) is 6.37. The van der Waals surface area contributed by atoms with Crippen molar-refractivity contribution in [3.8, 4) is 5.75 Å². The van der Waals surface area contributed by atoms with Crippen molar-refractivity contribution >= 4 is 23.2 Å². The zero-order valence-corrected chi connectivity index (χ0v) is 13.5. The van der Waals surface area contributed by atoms with Gasteiger partial charge in [0.25, 0.3) is 0 Å². The summed E-state index contributed by atoms with van der Waals surface area (Å²) in [6.45, 7) is 4.38. The Bertz CT molecular complexity index is 570. The van der Waals surface area contributed by atoms with Crippen LogP contribution in [0.25, 0.3) is 0 Å². The molecule has 0 fully saturated rings. The molecule has 0 saturated carbocycles. The first-order valence-electron chi connectivity index (χ1n) is 7.05. The largest absolute Gasteiger partial charge is 0.494 e. The average Bonchev–Trinajstić information content (AvgIpc) is 2.47. The van der Waals surface area contributed by atoms with Crippen molar-refractivity contribution < 1.29 is 4.74 Å². The lowest BCUT2D eigenvalue weighted by Gasteiger charge is -2.08. The van der Waals surface area contributed by atoms with Crippen LogP contribution < -0.4 is 10.1 Å². The molecule has 112 valence electrons. The first kappa shape index (κ1) is 16.2. The molecule has 0 heterocycles. The zero-order valence-electron chi connectivity index (χ0n) is 12.0. The number of rotatable bonds is 7. The fourth-order valence-electron chi connectivity index (χ4n) is 2.05. The summed E-state index contributed by atoms with van der Waals surface area (Å²) in [6, 6.07) is 13.8. The van der Waals surface area contributed by atoms with Crippen molar-refractivity contribution in [3.63, 3.8) is 0 Å². The molecule has 21 heavy (non-hydrogen) atoms. The van der Waals surface area contributed by atoms with E-state index >= 15 is 0 Å². The van der Waals surface area contributed by atoms with Crippen molar-refractivity contribution in [2.75, 3.05) is 13.2 Å². The van der Waals surface area contributed by atoms with E-state index in [1.807, 2.05) is 31.2 Å². The van der Waals surface area contributed by atoms with Crippen LogP contribution in [-0.2, 0) is 13.0 Å². The lowest BCUT2D eigenvalue weighted by molar-refractivity contribution is 0.340. The maximum atomic E-state index is 6.15. The van der Waals surface area contributed by atoms with Gasteiger partial charge in [0, 0.05) is 16.6 Å². The zero-order chi connectivity index (χ0) is 15.1. The van der Waals surface area contributed by atoms with Crippen LogP contribution in [0.1, 0.15) is 18.1 Å². The molecule has 2 nitrogen and oxygen atoms in total. The van der Waals surface area contributed by atoms with Crippen molar-refractivity contribution in [2.45, 2.75) is 19.9 Å². The number of nitrogens with one attached hydrogen (secondary N) is 1. The summed E-state index contributed by atoms with van der Waals surface area (Å²) < 4.78 is 5.42. The maximum Gasteiger partial charge on any atom is 0.119 e. The lowest BCUT2D eigenvalue weighted by Crippen LogP contribution is -2.16. The predicted octanol–water partition coefficient (Wildman–Crippen LogP) is 4.72. The quantitative estimate of drug-likeness (QED) is 0.744. The van der Waals surface area contributed by atoms with Crippen molar-refractivity contribution in [1.29, 1.82) is 0 Å². The molecule has 0 spiro atoms. The van der Waals surface area contributed by atoms with Crippen LogP contribution in [0.15, 0.2) is 42.5 Å². The minimum absolute atomic E-state index is 0.672. The van der Waals surface area contributed by atoms with Crippen molar-refractivity contribution in [1.82, 2.24) is 5.32 Å². The van der Waals surface area contributed by atoms with Crippen molar-refractivity contribution in [3.05, 3.63) is 63.6 Å². The van der Waals surface area contributed by atoms with E-state index in [2.05, 4.69) is 17.4 Å². The molecular formula is C17H19Cl2NO. The fourth-order valence-corrected chi connectivity index (χ4v) is 2.55. The Labute approximate surface area is 136 Å². The summed E-state index contributed by atoms with van der Waals surface area (Å²) in [6.07, 6.45) is 0.882. The molecule has 0 amide bonds. The molecule has 0 radical (unpaired) electrons. The van der Waals surface area contributed by atoms with E-state index in [9.17, 15) is 0 Å². The highest BCUT2D eigenvalue weighted by molar-refractivity contribution is 6.35. The van der Waals surface area contributed by atoms with Crippen LogP contribution in [0.4, 0.5) is 0 Å². The Morgan fingerprint density at radius 2 is 1.81 bits per heavy atom. The van der Waals surface area contributed by atoms with Crippen LogP contribution in [0.5, 0.6) is 5.75 Å². The molecule has 1 N–H and O–H groups in total. The van der Waals surface area contributed by atoms with Gasteiger partial charge in [0.15, 0.2) is 0 Å². The van der Waals surface area contributed by atoms with E-state index in [1.165, 1.54) is 5.56 Å². The monoisotopic (exact) mass is 323 g/mol. The predicted molar refractivity (Wildman–Crippen MR) is 89.5 cm³/mol. The maximum absolute atomic E-state index is 6.15. The normalized spacial score (nSPS) is 10.6. The van der Waals surface area contributed by atoms with E-state index in [0.29, 0.717) is 11.6 Å². The van der Waals surface area contributed by atoms with Gasteiger partial charge in [0.1, 0.15) is 5.75 Å². The van der Waals surface area contributed by atoms with E-state index in [-0.39, 0.29) is 0 Å². The summed E-state index contributed by atoms with van der Waals surface area (Å²) in [5.41, 5.74) is 2.35. The van der Waals surface area contributed by atoms with Crippen molar-refractivity contribution in [2.24, 2.45) is 0 Å². The molecule has 0 aliphatic heterocycles. The van der Waals surface area contributed by atoms with Gasteiger partial charge in [-0.2, -0.15) is 0 Å². The molecule has 0 aliphatic carbocycles. The molecule has 2 rings (SSSR count). The average molecular weight is 324 g/mol. The third-order valence-electron chi connectivity index (χ3n) is 3.15. The molecule has 0 atom stereocenters. The molecule has 0 saturated heterocycles. The number of hydrogen-bond acceptors (Lipinski definition) is 2. The Balaban J connectivity index is 1.76. The second kappa shape index (κ2) is 8.28. The number of hydrogen-bond donors (Lipinski definition) is 1. The van der Waals surface area contributed by atoms with Gasteiger partial charge in [-0.3, -0.25) is 0 Å². The molecule has 0 unspecified atom stereocenters. The number of ether oxygens (including phenoxy) is 1. The van der Waals surface area contributed by atoms with E-state index in [1.54, 1.807) is 6.07 Å². The van der Waals surface area contributed by atoms with Crippen LogP contribution >= 0.6 is 23.2 Å². The first-order valence-corrected chi connectivity index (χ1v) is 7.81. The van der Waals surface area contributed by atoms with E-state index in [4.69, 9.17) is 27.9 Å². The highest BCUT2D eigenvalue weighted by Crippen LogP contribution is 2.21. The van der Waals surface area contributed by atoms with E-state index < -0.39 is 0 Å². The Morgan fingerprint density at radius 3 is 2.48 bits per heavy atom. The highest BCUT2D eigenvalue weighted by atomic mass is 35.5. The van der Waals surface area contributed by atoms with Gasteiger partial charge in [-0.05, 0) is 55.3 Å². The minimum atomic E-state index is 0.672. The Morgan fingerprint density at radius 1 is 1.05 bits per heavy atom. The third-order valence-corrected chi connectivity index (χ3v) is 3.74. The third kappa shape index (κ3) is 5.24. The van der Waals surface area contributed by atoms with Crippen LogP contribution in [0, 0.1) is 0 Å². The van der Waals surface area contributed by atoms with Gasteiger partial charge < -0.3 is 10.1 Å². The first-order chi connectivity index (χ1) is 10.2. The van der Waals surface area contributed by atoms with Crippen LogP contribution in [0.3, 0.4) is 0 Å². The standard InChI is InChI=1S/C17H19Cl2NO/c1-2-21-16-7-3-13(4-8-16)12-20-10-9-14-5-6-15(18)11-17(14)19/h3-8,11,20H,2,9-10,12H2,1H3. The fraction of sp³-hybridized carbons (Fsp3) is 0.294. The SMILES string of the molecule is CCOc1ccc(CNCCc2ccc(Cl)cc2Cl)cc1. The van der Waals surface area contributed by atoms with Gasteiger partial charge in [-0.25, -0.2) is 0 Å².